The van der Waals surface area contributed by atoms with E-state index in [1.807, 2.05) is 250 Å². The number of hydrogen-bond donors (Lipinski definition) is 0. The monoisotopic (exact) mass is 1220 g/mol. The van der Waals surface area contributed by atoms with E-state index in [9.17, 15) is 0 Å². The van der Waals surface area contributed by atoms with E-state index in [0.29, 0.717) is 6.61 Å². The van der Waals surface area contributed by atoms with E-state index in [4.69, 9.17) is 71.1 Å². The normalized spacial score (nSPS) is 28.4. The van der Waals surface area contributed by atoms with Crippen LogP contribution in [0.5, 0.6) is 0 Å². The maximum Gasteiger partial charge on any atom is 0.187 e. The van der Waals surface area contributed by atoms with Gasteiger partial charge in [0, 0.05) is 12.7 Å². The summed E-state index contributed by atoms with van der Waals surface area (Å²) in [6.45, 7) is 3.66. The third-order valence-corrected chi connectivity index (χ3v) is 16.6. The number of rotatable bonds is 28. The number of benzene rings is 8. The fraction of sp³-hybridized carbons (Fsp3) is 0.360. The molecule has 12 rings (SSSR count). The summed E-state index contributed by atoms with van der Waals surface area (Å²) in [6, 6.07) is 80.0. The first kappa shape index (κ1) is 63.3. The lowest BCUT2D eigenvalue weighted by atomic mass is 9.95. The molecule has 0 amide bonds. The molecule has 4 fully saturated rings. The predicted octanol–water partition coefficient (Wildman–Crippen LogP) is 12.4. The Hall–Kier alpha value is -6.84. The molecule has 4 aliphatic rings. The van der Waals surface area contributed by atoms with Crippen LogP contribution in [0.1, 0.15) is 57.7 Å². The maximum absolute atomic E-state index is 7.63. The zero-order valence-electron chi connectivity index (χ0n) is 50.8. The van der Waals surface area contributed by atoms with E-state index in [1.54, 1.807) is 7.11 Å². The highest BCUT2D eigenvalue weighted by atomic mass is 16.8. The largest absolute Gasteiger partial charge is 0.368 e. The van der Waals surface area contributed by atoms with Crippen LogP contribution < -0.4 is 0 Å². The first-order valence-corrected chi connectivity index (χ1v) is 31.2. The molecule has 16 atom stereocenters. The predicted molar refractivity (Wildman–Crippen MR) is 335 cm³/mol. The summed E-state index contributed by atoms with van der Waals surface area (Å²) in [5, 5.41) is 0. The van der Waals surface area contributed by atoms with Gasteiger partial charge in [-0.05, 0) is 45.9 Å². The fourth-order valence-electron chi connectivity index (χ4n) is 12.0. The summed E-state index contributed by atoms with van der Waals surface area (Å²) in [5.74, 6) is 0. The number of ether oxygens (including phenoxy) is 15. The van der Waals surface area contributed by atoms with Gasteiger partial charge in [0.25, 0.3) is 0 Å². The molecule has 0 N–H and O–H groups in total. The first-order valence-electron chi connectivity index (χ1n) is 31.2. The van der Waals surface area contributed by atoms with E-state index in [1.165, 1.54) is 0 Å². The van der Waals surface area contributed by atoms with Crippen molar-refractivity contribution in [1.29, 1.82) is 0 Å². The number of hydrogen-bond acceptors (Lipinski definition) is 15. The van der Waals surface area contributed by atoms with E-state index in [2.05, 4.69) is 0 Å². The molecule has 0 saturated carbocycles. The lowest BCUT2D eigenvalue weighted by Gasteiger charge is -2.52. The van der Waals surface area contributed by atoms with Crippen molar-refractivity contribution in [2.45, 2.75) is 152 Å². The lowest BCUT2D eigenvalue weighted by molar-refractivity contribution is -0.401. The molecule has 0 radical (unpaired) electrons. The average molecular weight is 1220 g/mol. The van der Waals surface area contributed by atoms with Crippen molar-refractivity contribution in [2.75, 3.05) is 20.3 Å². The molecule has 4 saturated heterocycles. The standard InChI is InChI=1S/C75H80O15/c1-52-63(77-43-53-27-11-3-12-28-53)66(79-45-55-31-15-5-16-32-55)69(81-47-57-35-19-7-20-36-57)74(86-52)85-50-61-64(78-44-54-29-13-4-14-30-54)67(80-46-56-33-17-6-18-34-56)70(82-48-58-37-21-8-22-38-58)75(88-61)90-68-65-62(51-84-72(89-65)60-41-25-10-26-42-60)87-73(76-2)71(68)83-49-59-39-23-9-24-40-59/h3-42,52,61-75H,43-51H2,1-2H3/t52-,61+,62+,63-,64+,65+,66+,67-,68-,69+,70-,71+,72?,73-,74+,75+/m0/s1. The Morgan fingerprint density at radius 3 is 1.08 bits per heavy atom. The van der Waals surface area contributed by atoms with Crippen molar-refractivity contribution >= 4 is 0 Å². The fourth-order valence-corrected chi connectivity index (χ4v) is 12.0. The van der Waals surface area contributed by atoms with Crippen LogP contribution in [-0.2, 0) is 117 Å². The smallest absolute Gasteiger partial charge is 0.187 e. The Morgan fingerprint density at radius 2 is 0.667 bits per heavy atom. The van der Waals surface area contributed by atoms with E-state index >= 15 is 0 Å². The molecule has 8 aromatic carbocycles. The molecule has 15 nitrogen and oxygen atoms in total. The molecule has 4 heterocycles. The molecular weight excluding hydrogens is 1140 g/mol. The highest BCUT2D eigenvalue weighted by molar-refractivity contribution is 5.21. The summed E-state index contributed by atoms with van der Waals surface area (Å²) in [4.78, 5) is 0. The van der Waals surface area contributed by atoms with Crippen LogP contribution >= 0.6 is 0 Å². The third kappa shape index (κ3) is 16.8. The molecule has 0 aromatic heterocycles. The molecule has 0 spiro atoms. The van der Waals surface area contributed by atoms with Gasteiger partial charge in [-0.2, -0.15) is 0 Å². The van der Waals surface area contributed by atoms with E-state index in [-0.39, 0.29) is 52.9 Å². The molecule has 4 aliphatic heterocycles. The van der Waals surface area contributed by atoms with E-state index in [0.717, 1.165) is 44.5 Å². The maximum atomic E-state index is 7.63. The van der Waals surface area contributed by atoms with Crippen LogP contribution in [-0.4, -0.2) is 112 Å². The van der Waals surface area contributed by atoms with Crippen molar-refractivity contribution in [3.63, 3.8) is 0 Å². The van der Waals surface area contributed by atoms with Gasteiger partial charge in [0.2, 0.25) is 0 Å². The molecule has 8 aromatic rings. The number of methoxy groups -OCH3 is 1. The minimum Gasteiger partial charge on any atom is -0.368 e. The van der Waals surface area contributed by atoms with Gasteiger partial charge in [-0.15, -0.1) is 0 Å². The second kappa shape index (κ2) is 32.4. The lowest BCUT2D eigenvalue weighted by Crippen LogP contribution is -2.67. The van der Waals surface area contributed by atoms with E-state index < -0.39 is 98.4 Å². The zero-order chi connectivity index (χ0) is 61.1. The Balaban J connectivity index is 0.930. The topological polar surface area (TPSA) is 138 Å². The second-order valence-corrected chi connectivity index (χ2v) is 23.0. The quantitative estimate of drug-likeness (QED) is 0.0459. The molecule has 15 heteroatoms. The van der Waals surface area contributed by atoms with Gasteiger partial charge < -0.3 is 71.1 Å². The minimum atomic E-state index is -1.21. The van der Waals surface area contributed by atoms with Crippen LogP contribution in [0.4, 0.5) is 0 Å². The first-order chi connectivity index (χ1) is 44.5. The van der Waals surface area contributed by atoms with Crippen LogP contribution in [0.2, 0.25) is 0 Å². The molecule has 1 unspecified atom stereocenters. The van der Waals surface area contributed by atoms with Gasteiger partial charge in [-0.3, -0.25) is 0 Å². The highest BCUT2D eigenvalue weighted by Crippen LogP contribution is 2.41. The Bertz CT molecular complexity index is 3280. The van der Waals surface area contributed by atoms with Crippen molar-refractivity contribution in [3.05, 3.63) is 287 Å². The van der Waals surface area contributed by atoms with Crippen LogP contribution in [0.25, 0.3) is 0 Å². The molecule has 90 heavy (non-hydrogen) atoms. The molecule has 470 valence electrons. The van der Waals surface area contributed by atoms with Crippen molar-refractivity contribution < 1.29 is 71.1 Å². The SMILES string of the molecule is CO[C@H]1O[C@@H]2COC(c3ccccc3)O[C@H]2[C@H](O[C@H]2O[C@H](CO[C@@H]3O[C@@H](C)[C@H](OCc4ccccc4)[C@@H](OCc4ccccc4)[C@H]3OCc3ccccc3)[C@@H](OCc3ccccc3)[C@H](OCc3ccccc3)[C@@H]2OCc2ccccc2)[C@H]1OCc1ccccc1. The Kier molecular flexibility index (Phi) is 22.8. The van der Waals surface area contributed by atoms with Crippen molar-refractivity contribution in [2.24, 2.45) is 0 Å². The van der Waals surface area contributed by atoms with Gasteiger partial charge in [0.05, 0.1) is 65.6 Å². The zero-order valence-corrected chi connectivity index (χ0v) is 50.8. The average Bonchev–Trinajstić information content (AvgIpc) is 0.807. The summed E-state index contributed by atoms with van der Waals surface area (Å²) < 4.78 is 105. The third-order valence-electron chi connectivity index (χ3n) is 16.6. The summed E-state index contributed by atoms with van der Waals surface area (Å²) in [6.07, 6.45) is -13.4. The van der Waals surface area contributed by atoms with Crippen molar-refractivity contribution in [1.82, 2.24) is 0 Å². The van der Waals surface area contributed by atoms with Crippen molar-refractivity contribution in [3.8, 4) is 0 Å². The molecule has 0 bridgehead atoms. The second-order valence-electron chi connectivity index (χ2n) is 23.0. The van der Waals surface area contributed by atoms with Gasteiger partial charge in [0.1, 0.15) is 67.1 Å². The van der Waals surface area contributed by atoms with Crippen LogP contribution in [0.15, 0.2) is 243 Å². The van der Waals surface area contributed by atoms with Crippen LogP contribution in [0, 0.1) is 0 Å². The Labute approximate surface area is 527 Å². The van der Waals surface area contributed by atoms with Gasteiger partial charge >= 0.3 is 0 Å². The Morgan fingerprint density at radius 1 is 0.322 bits per heavy atom. The summed E-state index contributed by atoms with van der Waals surface area (Å²) in [5.41, 5.74) is 7.56. The number of fused-ring (bicyclic) bond motifs is 1. The summed E-state index contributed by atoms with van der Waals surface area (Å²) >= 11 is 0. The van der Waals surface area contributed by atoms with Gasteiger partial charge in [-0.25, -0.2) is 0 Å². The minimum absolute atomic E-state index is 0.103. The van der Waals surface area contributed by atoms with Gasteiger partial charge in [-0.1, -0.05) is 243 Å². The van der Waals surface area contributed by atoms with Crippen LogP contribution in [0.3, 0.4) is 0 Å². The molecule has 0 aliphatic carbocycles. The summed E-state index contributed by atoms with van der Waals surface area (Å²) in [7, 11) is 1.59. The molecular formula is C75H80O15. The van der Waals surface area contributed by atoms with Gasteiger partial charge in [0.15, 0.2) is 25.2 Å². The highest BCUT2D eigenvalue weighted by Gasteiger charge is 2.57.